The van der Waals surface area contributed by atoms with Gasteiger partial charge in [-0.2, -0.15) is 0 Å². The van der Waals surface area contributed by atoms with E-state index in [4.69, 9.17) is 9.47 Å². The number of hydrogen-bond donors (Lipinski definition) is 0. The van der Waals surface area contributed by atoms with E-state index in [1.165, 1.54) is 0 Å². The molecule has 1 saturated heterocycles. The SMILES string of the molecule is CC(OCC1CCOC1)C(=O)c1ccccc1. The minimum atomic E-state index is -0.377. The third-order valence-corrected chi connectivity index (χ3v) is 3.03. The Kier molecular flexibility index (Phi) is 4.29. The Morgan fingerprint density at radius 2 is 2.24 bits per heavy atom. The molecule has 2 atom stereocenters. The summed E-state index contributed by atoms with van der Waals surface area (Å²) in [6.07, 6.45) is 0.657. The molecule has 1 fully saturated rings. The van der Waals surface area contributed by atoms with Crippen molar-refractivity contribution in [2.75, 3.05) is 19.8 Å². The van der Waals surface area contributed by atoms with Crippen molar-refractivity contribution in [3.8, 4) is 0 Å². The molecule has 0 bridgehead atoms. The van der Waals surface area contributed by atoms with Gasteiger partial charge in [0.05, 0.1) is 13.2 Å². The normalized spacial score (nSPS) is 21.4. The smallest absolute Gasteiger partial charge is 0.191 e. The van der Waals surface area contributed by atoms with Crippen LogP contribution in [0.1, 0.15) is 23.7 Å². The van der Waals surface area contributed by atoms with E-state index in [1.54, 1.807) is 0 Å². The van der Waals surface area contributed by atoms with Crippen LogP contribution in [0.3, 0.4) is 0 Å². The van der Waals surface area contributed by atoms with Crippen molar-refractivity contribution in [3.05, 3.63) is 35.9 Å². The van der Waals surface area contributed by atoms with E-state index in [9.17, 15) is 4.79 Å². The number of Topliss-reactive ketones (excluding diaryl/α,β-unsaturated/α-hetero) is 1. The average Bonchev–Trinajstić information content (AvgIpc) is 2.89. The lowest BCUT2D eigenvalue weighted by atomic mass is 10.1. The first-order valence-electron chi connectivity index (χ1n) is 6.06. The summed E-state index contributed by atoms with van der Waals surface area (Å²) in [4.78, 5) is 12.0. The summed E-state index contributed by atoms with van der Waals surface area (Å²) in [5.74, 6) is 0.491. The molecule has 3 nitrogen and oxygen atoms in total. The molecule has 1 aromatic carbocycles. The van der Waals surface area contributed by atoms with Crippen LogP contribution in [0.25, 0.3) is 0 Å². The summed E-state index contributed by atoms with van der Waals surface area (Å²) in [5, 5.41) is 0. The van der Waals surface area contributed by atoms with Crippen LogP contribution in [0.4, 0.5) is 0 Å². The van der Waals surface area contributed by atoms with Gasteiger partial charge in [-0.15, -0.1) is 0 Å². The largest absolute Gasteiger partial charge is 0.381 e. The quantitative estimate of drug-likeness (QED) is 0.733. The van der Waals surface area contributed by atoms with Crippen LogP contribution in [-0.4, -0.2) is 31.7 Å². The minimum absolute atomic E-state index is 0.0458. The Balaban J connectivity index is 1.83. The second kappa shape index (κ2) is 5.94. The zero-order valence-corrected chi connectivity index (χ0v) is 10.1. The van der Waals surface area contributed by atoms with Gasteiger partial charge >= 0.3 is 0 Å². The van der Waals surface area contributed by atoms with Gasteiger partial charge in [-0.05, 0) is 13.3 Å². The fraction of sp³-hybridized carbons (Fsp3) is 0.500. The second-order valence-corrected chi connectivity index (χ2v) is 4.44. The van der Waals surface area contributed by atoms with E-state index in [0.717, 1.165) is 19.6 Å². The first-order valence-corrected chi connectivity index (χ1v) is 6.06. The molecule has 2 unspecified atom stereocenters. The van der Waals surface area contributed by atoms with Gasteiger partial charge in [0.15, 0.2) is 5.78 Å². The van der Waals surface area contributed by atoms with Crippen molar-refractivity contribution in [3.63, 3.8) is 0 Å². The van der Waals surface area contributed by atoms with E-state index >= 15 is 0 Å². The Bertz CT molecular complexity index is 355. The molecule has 0 aliphatic carbocycles. The highest BCUT2D eigenvalue weighted by molar-refractivity contribution is 5.99. The average molecular weight is 234 g/mol. The number of ether oxygens (including phenoxy) is 2. The van der Waals surface area contributed by atoms with E-state index in [0.29, 0.717) is 18.1 Å². The van der Waals surface area contributed by atoms with E-state index < -0.39 is 0 Å². The second-order valence-electron chi connectivity index (χ2n) is 4.44. The van der Waals surface area contributed by atoms with Crippen molar-refractivity contribution in [1.82, 2.24) is 0 Å². The Labute approximate surface area is 102 Å². The van der Waals surface area contributed by atoms with Gasteiger partial charge in [-0.1, -0.05) is 30.3 Å². The summed E-state index contributed by atoms with van der Waals surface area (Å²) in [7, 11) is 0. The molecule has 1 aliphatic rings. The first kappa shape index (κ1) is 12.3. The maximum atomic E-state index is 12.0. The number of hydrogen-bond acceptors (Lipinski definition) is 3. The summed E-state index contributed by atoms with van der Waals surface area (Å²) >= 11 is 0. The van der Waals surface area contributed by atoms with Crippen LogP contribution >= 0.6 is 0 Å². The molecule has 1 heterocycles. The molecule has 0 saturated carbocycles. The molecule has 0 spiro atoms. The molecular weight excluding hydrogens is 216 g/mol. The molecule has 0 radical (unpaired) electrons. The lowest BCUT2D eigenvalue weighted by Crippen LogP contribution is -2.24. The van der Waals surface area contributed by atoms with Crippen LogP contribution in [0.2, 0.25) is 0 Å². The maximum Gasteiger partial charge on any atom is 0.191 e. The fourth-order valence-electron chi connectivity index (χ4n) is 1.91. The van der Waals surface area contributed by atoms with Crippen LogP contribution in [0.15, 0.2) is 30.3 Å². The van der Waals surface area contributed by atoms with Crippen LogP contribution < -0.4 is 0 Å². The molecule has 0 amide bonds. The summed E-state index contributed by atoms with van der Waals surface area (Å²) in [6, 6.07) is 9.27. The van der Waals surface area contributed by atoms with Crippen LogP contribution in [0.5, 0.6) is 0 Å². The molecular formula is C14H18O3. The highest BCUT2D eigenvalue weighted by atomic mass is 16.5. The Morgan fingerprint density at radius 1 is 1.47 bits per heavy atom. The monoisotopic (exact) mass is 234 g/mol. The number of ketones is 1. The summed E-state index contributed by atoms with van der Waals surface area (Å²) < 4.78 is 10.9. The highest BCUT2D eigenvalue weighted by Gasteiger charge is 2.20. The minimum Gasteiger partial charge on any atom is -0.381 e. The molecule has 2 rings (SSSR count). The topological polar surface area (TPSA) is 35.5 Å². The lowest BCUT2D eigenvalue weighted by Gasteiger charge is -2.14. The van der Waals surface area contributed by atoms with Gasteiger partial charge in [0, 0.05) is 18.1 Å². The molecule has 3 heteroatoms. The number of carbonyl (C=O) groups excluding carboxylic acids is 1. The number of benzene rings is 1. The predicted molar refractivity (Wildman–Crippen MR) is 65.1 cm³/mol. The maximum absolute atomic E-state index is 12.0. The van der Waals surface area contributed by atoms with Crippen molar-refractivity contribution < 1.29 is 14.3 Å². The Morgan fingerprint density at radius 3 is 2.88 bits per heavy atom. The molecule has 0 aromatic heterocycles. The van der Waals surface area contributed by atoms with E-state index in [-0.39, 0.29) is 11.9 Å². The molecule has 0 N–H and O–H groups in total. The lowest BCUT2D eigenvalue weighted by molar-refractivity contribution is 0.0322. The van der Waals surface area contributed by atoms with Crippen LogP contribution in [-0.2, 0) is 9.47 Å². The van der Waals surface area contributed by atoms with Gasteiger partial charge in [0.25, 0.3) is 0 Å². The van der Waals surface area contributed by atoms with Crippen LogP contribution in [0, 0.1) is 5.92 Å². The predicted octanol–water partition coefficient (Wildman–Crippen LogP) is 2.31. The third kappa shape index (κ3) is 3.38. The standard InChI is InChI=1S/C14H18O3/c1-11(17-10-12-7-8-16-9-12)14(15)13-5-3-2-4-6-13/h2-6,11-12H,7-10H2,1H3. The van der Waals surface area contributed by atoms with Gasteiger partial charge in [-0.3, -0.25) is 4.79 Å². The van der Waals surface area contributed by atoms with Gasteiger partial charge in [-0.25, -0.2) is 0 Å². The van der Waals surface area contributed by atoms with Gasteiger partial charge in [0.2, 0.25) is 0 Å². The van der Waals surface area contributed by atoms with Gasteiger partial charge in [0.1, 0.15) is 6.10 Å². The van der Waals surface area contributed by atoms with E-state index in [1.807, 2.05) is 37.3 Å². The van der Waals surface area contributed by atoms with Crippen molar-refractivity contribution in [2.45, 2.75) is 19.4 Å². The molecule has 92 valence electrons. The highest BCUT2D eigenvalue weighted by Crippen LogP contribution is 2.14. The Hall–Kier alpha value is -1.19. The van der Waals surface area contributed by atoms with Gasteiger partial charge < -0.3 is 9.47 Å². The van der Waals surface area contributed by atoms with Crippen molar-refractivity contribution >= 4 is 5.78 Å². The number of carbonyl (C=O) groups is 1. The van der Waals surface area contributed by atoms with E-state index in [2.05, 4.69) is 0 Å². The van der Waals surface area contributed by atoms with Crippen molar-refractivity contribution in [2.24, 2.45) is 5.92 Å². The zero-order chi connectivity index (χ0) is 12.1. The molecule has 1 aliphatic heterocycles. The first-order chi connectivity index (χ1) is 8.27. The molecule has 1 aromatic rings. The molecule has 17 heavy (non-hydrogen) atoms. The van der Waals surface area contributed by atoms with Crippen molar-refractivity contribution in [1.29, 1.82) is 0 Å². The third-order valence-electron chi connectivity index (χ3n) is 3.03. The summed E-state index contributed by atoms with van der Waals surface area (Å²) in [6.45, 7) is 3.99. The number of rotatable bonds is 5. The fourth-order valence-corrected chi connectivity index (χ4v) is 1.91. The summed E-state index contributed by atoms with van der Waals surface area (Å²) in [5.41, 5.74) is 0.711. The zero-order valence-electron chi connectivity index (χ0n) is 10.1.